The predicted molar refractivity (Wildman–Crippen MR) is 90.5 cm³/mol. The van der Waals surface area contributed by atoms with Crippen molar-refractivity contribution >= 4 is 22.5 Å². The maximum Gasteiger partial charge on any atom is 0.145 e. The van der Waals surface area contributed by atoms with Gasteiger partial charge >= 0.3 is 0 Å². The average molecular weight is 358 g/mol. The SMILES string of the molecule is CN(C)c1ccc(/C(=N\O)S[C@@H]2O[C@H](CO)[C@@H](O)[C@H](O)[C@H]2O)cc1. The average Bonchev–Trinajstić information content (AvgIpc) is 2.59. The van der Waals surface area contributed by atoms with Gasteiger partial charge in [0.05, 0.1) is 6.61 Å². The molecule has 0 spiro atoms. The third kappa shape index (κ3) is 4.00. The van der Waals surface area contributed by atoms with Gasteiger partial charge in [-0.05, 0) is 12.1 Å². The molecule has 1 aromatic rings. The highest BCUT2D eigenvalue weighted by Crippen LogP contribution is 2.31. The number of hydrogen-bond acceptors (Lipinski definition) is 9. The van der Waals surface area contributed by atoms with Gasteiger partial charge in [0.25, 0.3) is 0 Å². The second-order valence-electron chi connectivity index (χ2n) is 5.66. The molecule has 1 aliphatic rings. The van der Waals surface area contributed by atoms with Gasteiger partial charge in [0.15, 0.2) is 0 Å². The Labute approximate surface area is 144 Å². The summed E-state index contributed by atoms with van der Waals surface area (Å²) in [6.45, 7) is -0.509. The lowest BCUT2D eigenvalue weighted by molar-refractivity contribution is -0.205. The fourth-order valence-electron chi connectivity index (χ4n) is 2.33. The van der Waals surface area contributed by atoms with Crippen LogP contribution in [0.2, 0.25) is 0 Å². The van der Waals surface area contributed by atoms with Crippen molar-refractivity contribution in [2.75, 3.05) is 25.6 Å². The summed E-state index contributed by atoms with van der Waals surface area (Å²) in [5.74, 6) is 0. The smallest absolute Gasteiger partial charge is 0.145 e. The van der Waals surface area contributed by atoms with Crippen LogP contribution < -0.4 is 4.90 Å². The summed E-state index contributed by atoms with van der Waals surface area (Å²) in [5, 5.41) is 51.5. The van der Waals surface area contributed by atoms with Crippen LogP contribution in [0.1, 0.15) is 5.56 Å². The molecule has 0 aromatic heterocycles. The van der Waals surface area contributed by atoms with E-state index in [9.17, 15) is 25.6 Å². The molecule has 1 aliphatic heterocycles. The van der Waals surface area contributed by atoms with E-state index in [4.69, 9.17) is 4.74 Å². The van der Waals surface area contributed by atoms with Crippen LogP contribution in [0.4, 0.5) is 5.69 Å². The fourth-order valence-corrected chi connectivity index (χ4v) is 3.36. The second-order valence-corrected chi connectivity index (χ2v) is 6.75. The Balaban J connectivity index is 2.14. The predicted octanol–water partition coefficient (Wildman–Crippen LogP) is -0.579. The van der Waals surface area contributed by atoms with Crippen molar-refractivity contribution in [3.05, 3.63) is 29.8 Å². The van der Waals surface area contributed by atoms with Crippen molar-refractivity contribution in [1.29, 1.82) is 0 Å². The first-order valence-corrected chi connectivity index (χ1v) is 8.24. The van der Waals surface area contributed by atoms with Crippen LogP contribution in [-0.4, -0.2) is 81.2 Å². The number of aliphatic hydroxyl groups is 4. The lowest BCUT2D eigenvalue weighted by Crippen LogP contribution is -2.57. The maximum absolute atomic E-state index is 10.0. The molecule has 0 saturated carbocycles. The molecule has 0 aliphatic carbocycles. The summed E-state index contributed by atoms with van der Waals surface area (Å²) in [6, 6.07) is 7.19. The fraction of sp³-hybridized carbons (Fsp3) is 0.533. The molecule has 5 N–H and O–H groups in total. The van der Waals surface area contributed by atoms with E-state index in [0.717, 1.165) is 17.4 Å². The third-order valence-electron chi connectivity index (χ3n) is 3.80. The largest absolute Gasteiger partial charge is 0.410 e. The van der Waals surface area contributed by atoms with Crippen LogP contribution in [0.5, 0.6) is 0 Å². The number of rotatable bonds is 4. The van der Waals surface area contributed by atoms with E-state index < -0.39 is 36.5 Å². The molecule has 1 fully saturated rings. The van der Waals surface area contributed by atoms with E-state index in [1.54, 1.807) is 12.1 Å². The van der Waals surface area contributed by atoms with Gasteiger partial charge in [-0.25, -0.2) is 0 Å². The number of anilines is 1. The first kappa shape index (κ1) is 19.0. The van der Waals surface area contributed by atoms with Crippen molar-refractivity contribution in [1.82, 2.24) is 0 Å². The molecular formula is C15H22N2O6S. The van der Waals surface area contributed by atoms with E-state index in [-0.39, 0.29) is 5.04 Å². The standard InChI is InChI=1S/C15H22N2O6S/c1-17(2)9-5-3-8(4-6-9)14(16-22)24-15-13(21)12(20)11(19)10(7-18)23-15/h3-6,10-13,15,18-22H,7H2,1-2H3/b16-14+/t10-,11-,12+,13-,15+/m1/s1. The normalized spacial score (nSPS) is 31.1. The Hall–Kier alpha value is -1.36. The molecule has 8 nitrogen and oxygen atoms in total. The minimum atomic E-state index is -1.47. The third-order valence-corrected chi connectivity index (χ3v) is 4.96. The van der Waals surface area contributed by atoms with Crippen LogP contribution in [0, 0.1) is 0 Å². The number of nitrogens with zero attached hydrogens (tertiary/aromatic N) is 2. The van der Waals surface area contributed by atoms with Gasteiger partial charge in [-0.2, -0.15) is 0 Å². The van der Waals surface area contributed by atoms with Crippen LogP contribution in [0.3, 0.4) is 0 Å². The molecule has 24 heavy (non-hydrogen) atoms. The maximum atomic E-state index is 10.0. The zero-order chi connectivity index (χ0) is 17.9. The summed E-state index contributed by atoms with van der Waals surface area (Å²) >= 11 is 0.898. The van der Waals surface area contributed by atoms with Gasteiger partial charge in [0.2, 0.25) is 0 Å². The highest BCUT2D eigenvalue weighted by molar-refractivity contribution is 8.14. The molecule has 134 valence electrons. The van der Waals surface area contributed by atoms with Crippen molar-refractivity contribution in [3.8, 4) is 0 Å². The van der Waals surface area contributed by atoms with Gasteiger partial charge in [0, 0.05) is 25.3 Å². The Morgan fingerprint density at radius 1 is 1.12 bits per heavy atom. The Morgan fingerprint density at radius 3 is 2.25 bits per heavy atom. The Bertz CT molecular complexity index is 566. The number of oxime groups is 1. The van der Waals surface area contributed by atoms with E-state index >= 15 is 0 Å². The van der Waals surface area contributed by atoms with Gasteiger partial charge in [-0.15, -0.1) is 0 Å². The highest BCUT2D eigenvalue weighted by Gasteiger charge is 2.44. The Kier molecular flexibility index (Phi) is 6.44. The van der Waals surface area contributed by atoms with Crippen molar-refractivity contribution in [3.63, 3.8) is 0 Å². The number of aliphatic hydroxyl groups excluding tert-OH is 4. The van der Waals surface area contributed by atoms with Crippen LogP contribution in [0.15, 0.2) is 29.4 Å². The number of hydrogen-bond donors (Lipinski definition) is 5. The molecule has 1 aromatic carbocycles. The quantitative estimate of drug-likeness (QED) is 0.209. The molecule has 0 amide bonds. The summed E-state index contributed by atoms with van der Waals surface area (Å²) in [7, 11) is 3.80. The first-order chi connectivity index (χ1) is 11.4. The number of thioether (sulfide) groups is 1. The van der Waals surface area contributed by atoms with E-state index in [2.05, 4.69) is 5.16 Å². The molecule has 2 rings (SSSR count). The van der Waals surface area contributed by atoms with Gasteiger partial charge in [-0.3, -0.25) is 0 Å². The summed E-state index contributed by atoms with van der Waals surface area (Å²) in [5.41, 5.74) is 0.568. The molecule has 9 heteroatoms. The topological polar surface area (TPSA) is 126 Å². The molecule has 0 unspecified atom stereocenters. The number of benzene rings is 1. The van der Waals surface area contributed by atoms with E-state index in [1.807, 2.05) is 31.1 Å². The lowest BCUT2D eigenvalue weighted by atomic mass is 10.0. The highest BCUT2D eigenvalue weighted by atomic mass is 32.2. The van der Waals surface area contributed by atoms with Crippen molar-refractivity contribution < 1.29 is 30.4 Å². The first-order valence-electron chi connectivity index (χ1n) is 7.36. The Morgan fingerprint density at radius 2 is 1.75 bits per heavy atom. The van der Waals surface area contributed by atoms with Crippen LogP contribution >= 0.6 is 11.8 Å². The molecular weight excluding hydrogens is 336 g/mol. The lowest BCUT2D eigenvalue weighted by Gasteiger charge is -2.39. The minimum Gasteiger partial charge on any atom is -0.410 e. The second kappa shape index (κ2) is 8.15. The zero-order valence-corrected chi connectivity index (χ0v) is 14.2. The van der Waals surface area contributed by atoms with Gasteiger partial charge in [-0.1, -0.05) is 29.1 Å². The molecule has 1 saturated heterocycles. The molecule has 0 radical (unpaired) electrons. The van der Waals surface area contributed by atoms with Gasteiger partial charge in [0.1, 0.15) is 34.9 Å². The number of ether oxygens (including phenoxy) is 1. The van der Waals surface area contributed by atoms with Crippen LogP contribution in [0.25, 0.3) is 0 Å². The monoisotopic (exact) mass is 358 g/mol. The molecule has 0 bridgehead atoms. The van der Waals surface area contributed by atoms with Crippen molar-refractivity contribution in [2.24, 2.45) is 5.16 Å². The minimum absolute atomic E-state index is 0.185. The van der Waals surface area contributed by atoms with E-state index in [1.165, 1.54) is 0 Å². The summed E-state index contributed by atoms with van der Waals surface area (Å²) in [4.78, 5) is 1.92. The zero-order valence-electron chi connectivity index (χ0n) is 13.4. The van der Waals surface area contributed by atoms with Gasteiger partial charge < -0.3 is 35.3 Å². The summed E-state index contributed by atoms with van der Waals surface area (Å²) < 4.78 is 5.40. The van der Waals surface area contributed by atoms with Crippen LogP contribution in [-0.2, 0) is 4.74 Å². The summed E-state index contributed by atoms with van der Waals surface area (Å²) in [6.07, 6.45) is -5.29. The molecule has 1 heterocycles. The van der Waals surface area contributed by atoms with Crippen molar-refractivity contribution in [2.45, 2.75) is 29.9 Å². The van der Waals surface area contributed by atoms with E-state index in [0.29, 0.717) is 5.56 Å². The molecule has 5 atom stereocenters.